The van der Waals surface area contributed by atoms with Crippen LogP contribution in [-0.4, -0.2) is 22.6 Å². The number of hydrogen-bond acceptors (Lipinski definition) is 3. The van der Waals surface area contributed by atoms with Crippen LogP contribution < -0.4 is 5.32 Å². The van der Waals surface area contributed by atoms with Crippen molar-refractivity contribution in [1.82, 2.24) is 15.5 Å². The van der Waals surface area contributed by atoms with E-state index in [-0.39, 0.29) is 29.0 Å². The SMILES string of the molecule is C[C@H]1CC[C@](C)([C@@H]2CCCNC2=O)c2nnc(-c3c(F)cccc3F)cc21. The first-order valence-electron chi connectivity index (χ1n) is 9.52. The van der Waals surface area contributed by atoms with Gasteiger partial charge in [-0.05, 0) is 55.4 Å². The minimum absolute atomic E-state index is 0.0651. The summed E-state index contributed by atoms with van der Waals surface area (Å²) in [5.41, 5.74) is 1.38. The van der Waals surface area contributed by atoms with E-state index in [9.17, 15) is 13.6 Å². The van der Waals surface area contributed by atoms with E-state index in [0.29, 0.717) is 6.54 Å². The molecule has 1 saturated heterocycles. The number of aromatic nitrogens is 2. The van der Waals surface area contributed by atoms with Crippen LogP contribution in [0.15, 0.2) is 24.3 Å². The number of benzene rings is 1. The van der Waals surface area contributed by atoms with Gasteiger partial charge < -0.3 is 5.32 Å². The molecule has 0 unspecified atom stereocenters. The van der Waals surface area contributed by atoms with Crippen molar-refractivity contribution in [2.24, 2.45) is 5.92 Å². The molecule has 0 spiro atoms. The second-order valence-electron chi connectivity index (χ2n) is 7.97. The topological polar surface area (TPSA) is 54.9 Å². The van der Waals surface area contributed by atoms with Gasteiger partial charge in [0.25, 0.3) is 0 Å². The number of rotatable bonds is 2. The molecule has 2 heterocycles. The number of carbonyl (C=O) groups excluding carboxylic acids is 1. The number of piperidine rings is 1. The van der Waals surface area contributed by atoms with E-state index in [1.807, 2.05) is 0 Å². The maximum absolute atomic E-state index is 14.2. The summed E-state index contributed by atoms with van der Waals surface area (Å²) in [5.74, 6) is -1.19. The zero-order chi connectivity index (χ0) is 19.2. The van der Waals surface area contributed by atoms with Gasteiger partial charge in [-0.2, -0.15) is 10.2 Å². The van der Waals surface area contributed by atoms with Crippen molar-refractivity contribution in [2.75, 3.05) is 6.54 Å². The molecule has 1 N–H and O–H groups in total. The van der Waals surface area contributed by atoms with Crippen molar-refractivity contribution >= 4 is 5.91 Å². The van der Waals surface area contributed by atoms with Crippen molar-refractivity contribution < 1.29 is 13.6 Å². The minimum atomic E-state index is -0.651. The highest BCUT2D eigenvalue weighted by atomic mass is 19.1. The summed E-state index contributed by atoms with van der Waals surface area (Å²) >= 11 is 0. The van der Waals surface area contributed by atoms with Gasteiger partial charge in [-0.3, -0.25) is 4.79 Å². The number of hydrogen-bond donors (Lipinski definition) is 1. The first-order valence-corrected chi connectivity index (χ1v) is 9.52. The molecule has 6 heteroatoms. The predicted octanol–water partition coefficient (Wildman–Crippen LogP) is 4.10. The molecule has 1 fully saturated rings. The first-order chi connectivity index (χ1) is 12.9. The molecule has 4 rings (SSSR count). The second-order valence-corrected chi connectivity index (χ2v) is 7.97. The average Bonchev–Trinajstić information content (AvgIpc) is 2.65. The predicted molar refractivity (Wildman–Crippen MR) is 98.1 cm³/mol. The number of fused-ring (bicyclic) bond motifs is 1. The zero-order valence-electron chi connectivity index (χ0n) is 15.6. The molecule has 3 atom stereocenters. The number of halogens is 2. The van der Waals surface area contributed by atoms with Crippen LogP contribution in [-0.2, 0) is 10.2 Å². The van der Waals surface area contributed by atoms with E-state index in [1.54, 1.807) is 6.07 Å². The van der Waals surface area contributed by atoms with Crippen LogP contribution in [0.5, 0.6) is 0 Å². The van der Waals surface area contributed by atoms with Crippen molar-refractivity contribution in [2.45, 2.75) is 50.9 Å². The van der Waals surface area contributed by atoms with Crippen molar-refractivity contribution in [3.8, 4) is 11.3 Å². The van der Waals surface area contributed by atoms with Crippen LogP contribution in [0, 0.1) is 17.6 Å². The maximum atomic E-state index is 14.2. The van der Waals surface area contributed by atoms with Crippen molar-refractivity contribution in [3.05, 3.63) is 47.2 Å². The van der Waals surface area contributed by atoms with E-state index in [4.69, 9.17) is 0 Å². The Kier molecular flexibility index (Phi) is 4.44. The van der Waals surface area contributed by atoms with Crippen molar-refractivity contribution in [1.29, 1.82) is 0 Å². The molecule has 0 bridgehead atoms. The summed E-state index contributed by atoms with van der Waals surface area (Å²) in [6.45, 7) is 4.87. The van der Waals surface area contributed by atoms with Gasteiger partial charge >= 0.3 is 0 Å². The maximum Gasteiger partial charge on any atom is 0.224 e. The fraction of sp³-hybridized carbons (Fsp3) is 0.476. The van der Waals surface area contributed by atoms with E-state index >= 15 is 0 Å². The highest BCUT2D eigenvalue weighted by molar-refractivity contribution is 5.81. The van der Waals surface area contributed by atoms with E-state index < -0.39 is 17.0 Å². The van der Waals surface area contributed by atoms with E-state index in [2.05, 4.69) is 29.4 Å². The lowest BCUT2D eigenvalue weighted by atomic mass is 9.62. The summed E-state index contributed by atoms with van der Waals surface area (Å²) in [7, 11) is 0. The van der Waals surface area contributed by atoms with Gasteiger partial charge in [-0.25, -0.2) is 8.78 Å². The number of nitrogens with one attached hydrogen (secondary N) is 1. The van der Waals surface area contributed by atoms with Crippen LogP contribution in [0.1, 0.15) is 56.7 Å². The highest BCUT2D eigenvalue weighted by Gasteiger charge is 2.46. The smallest absolute Gasteiger partial charge is 0.224 e. The molecular formula is C21H23F2N3O. The quantitative estimate of drug-likeness (QED) is 0.865. The molecule has 1 amide bonds. The Balaban J connectivity index is 1.82. The molecule has 2 aromatic rings. The second kappa shape index (κ2) is 6.66. The molecule has 0 saturated carbocycles. The molecule has 4 nitrogen and oxygen atoms in total. The summed E-state index contributed by atoms with van der Waals surface area (Å²) in [5, 5.41) is 11.6. The van der Waals surface area contributed by atoms with Crippen LogP contribution in [0.3, 0.4) is 0 Å². The zero-order valence-corrected chi connectivity index (χ0v) is 15.6. The lowest BCUT2D eigenvalue weighted by Crippen LogP contribution is -2.49. The summed E-state index contributed by atoms with van der Waals surface area (Å²) < 4.78 is 28.4. The van der Waals surface area contributed by atoms with Gasteiger partial charge in [-0.15, -0.1) is 0 Å². The Bertz CT molecular complexity index is 881. The molecular weight excluding hydrogens is 348 g/mol. The van der Waals surface area contributed by atoms with Gasteiger partial charge in [0.1, 0.15) is 11.6 Å². The molecule has 0 radical (unpaired) electrons. The third-order valence-electron chi connectivity index (χ3n) is 6.27. The first kappa shape index (κ1) is 18.0. The number of carbonyl (C=O) groups is 1. The summed E-state index contributed by atoms with van der Waals surface area (Å²) in [6.07, 6.45) is 3.52. The molecule has 2 aliphatic rings. The Morgan fingerprint density at radius 1 is 1.19 bits per heavy atom. The Labute approximate surface area is 157 Å². The van der Waals surface area contributed by atoms with Crippen LogP contribution >= 0.6 is 0 Å². The Hall–Kier alpha value is -2.37. The van der Waals surface area contributed by atoms with Crippen molar-refractivity contribution in [3.63, 3.8) is 0 Å². The number of amides is 1. The largest absolute Gasteiger partial charge is 0.356 e. The van der Waals surface area contributed by atoms with E-state index in [1.165, 1.54) is 18.2 Å². The lowest BCUT2D eigenvalue weighted by molar-refractivity contribution is -0.129. The van der Waals surface area contributed by atoms with Gasteiger partial charge in [0.05, 0.1) is 17.0 Å². The molecule has 142 valence electrons. The van der Waals surface area contributed by atoms with Gasteiger partial charge in [0.2, 0.25) is 5.91 Å². The molecule has 1 aromatic carbocycles. The average molecular weight is 371 g/mol. The Morgan fingerprint density at radius 2 is 1.93 bits per heavy atom. The molecule has 1 aromatic heterocycles. The normalized spacial score (nSPS) is 27.8. The highest BCUT2D eigenvalue weighted by Crippen LogP contribution is 2.48. The fourth-order valence-corrected chi connectivity index (χ4v) is 4.60. The van der Waals surface area contributed by atoms with Crippen LogP contribution in [0.2, 0.25) is 0 Å². The monoisotopic (exact) mass is 371 g/mol. The number of nitrogens with zero attached hydrogens (tertiary/aromatic N) is 2. The van der Waals surface area contributed by atoms with Crippen LogP contribution in [0.25, 0.3) is 11.3 Å². The molecule has 27 heavy (non-hydrogen) atoms. The Morgan fingerprint density at radius 3 is 2.63 bits per heavy atom. The summed E-state index contributed by atoms with van der Waals surface area (Å²) in [4.78, 5) is 12.5. The lowest BCUT2D eigenvalue weighted by Gasteiger charge is -2.43. The van der Waals surface area contributed by atoms with Crippen LogP contribution in [0.4, 0.5) is 8.78 Å². The van der Waals surface area contributed by atoms with Gasteiger partial charge in [0, 0.05) is 17.9 Å². The minimum Gasteiger partial charge on any atom is -0.356 e. The van der Waals surface area contributed by atoms with E-state index in [0.717, 1.165) is 36.9 Å². The summed E-state index contributed by atoms with van der Waals surface area (Å²) in [6, 6.07) is 5.53. The molecule has 1 aliphatic heterocycles. The molecule has 1 aliphatic carbocycles. The fourth-order valence-electron chi connectivity index (χ4n) is 4.60. The van der Waals surface area contributed by atoms with Gasteiger partial charge in [0.15, 0.2) is 0 Å². The standard InChI is InChI=1S/C21H23F2N3O/c1-12-8-9-21(2,14-5-4-10-24-20(14)27)19-13(12)11-17(25-26-19)18-15(22)6-3-7-16(18)23/h3,6-7,11-12,14H,4-5,8-10H2,1-2H3,(H,24,27)/t12-,14+,21+/m0/s1. The third-order valence-corrected chi connectivity index (χ3v) is 6.27. The van der Waals surface area contributed by atoms with Gasteiger partial charge in [-0.1, -0.05) is 19.9 Å². The third kappa shape index (κ3) is 2.91.